The third kappa shape index (κ3) is 5.98. The van der Waals surface area contributed by atoms with Gasteiger partial charge in [0.1, 0.15) is 5.03 Å². The maximum absolute atomic E-state index is 6.26. The lowest BCUT2D eigenvalue weighted by atomic mass is 9.74. The molecule has 4 nitrogen and oxygen atoms in total. The fraction of sp³-hybridized carbons (Fsp3) is 0.250. The highest BCUT2D eigenvalue weighted by Gasteiger charge is 2.34. The number of anilines is 1. The Kier molecular flexibility index (Phi) is 7.45. The van der Waals surface area contributed by atoms with Crippen LogP contribution in [0.15, 0.2) is 82.8 Å². The summed E-state index contributed by atoms with van der Waals surface area (Å²) in [5.41, 5.74) is 2.03. The van der Waals surface area contributed by atoms with E-state index in [0.29, 0.717) is 5.11 Å². The van der Waals surface area contributed by atoms with Gasteiger partial charge in [0.25, 0.3) is 0 Å². The Labute approximate surface area is 197 Å². The molecule has 0 unspecified atom stereocenters. The van der Waals surface area contributed by atoms with Crippen molar-refractivity contribution in [1.82, 2.24) is 10.3 Å². The zero-order chi connectivity index (χ0) is 21.5. The van der Waals surface area contributed by atoms with Crippen LogP contribution in [-0.4, -0.2) is 29.9 Å². The van der Waals surface area contributed by atoms with Gasteiger partial charge in [-0.15, -0.1) is 0 Å². The molecule has 4 rings (SSSR count). The first-order valence-corrected chi connectivity index (χ1v) is 11.8. The predicted molar refractivity (Wildman–Crippen MR) is 132 cm³/mol. The second-order valence-corrected chi connectivity index (χ2v) is 9.45. The molecule has 1 fully saturated rings. The molecule has 1 aromatic heterocycles. The molecule has 2 aromatic carbocycles. The third-order valence-corrected chi connectivity index (χ3v) is 6.87. The lowest BCUT2D eigenvalue weighted by Crippen LogP contribution is -2.45. The van der Waals surface area contributed by atoms with Crippen LogP contribution in [0.5, 0.6) is 0 Å². The van der Waals surface area contributed by atoms with E-state index in [1.54, 1.807) is 18.0 Å². The molecule has 31 heavy (non-hydrogen) atoms. The Balaban J connectivity index is 1.36. The minimum Gasteiger partial charge on any atom is -0.381 e. The van der Waals surface area contributed by atoms with E-state index in [9.17, 15) is 0 Å². The normalized spacial score (nSPS) is 15.3. The summed E-state index contributed by atoms with van der Waals surface area (Å²) in [5, 5.41) is 8.92. The van der Waals surface area contributed by atoms with Gasteiger partial charge >= 0.3 is 0 Å². The molecule has 0 aliphatic carbocycles. The smallest absolute Gasteiger partial charge is 0.170 e. The zero-order valence-corrected chi connectivity index (χ0v) is 19.4. The summed E-state index contributed by atoms with van der Waals surface area (Å²) in [5.74, 6) is 0. The van der Waals surface area contributed by atoms with Crippen molar-refractivity contribution in [1.29, 1.82) is 0 Å². The van der Waals surface area contributed by atoms with E-state index in [4.69, 9.17) is 28.6 Å². The van der Waals surface area contributed by atoms with Crippen molar-refractivity contribution in [2.45, 2.75) is 28.2 Å². The van der Waals surface area contributed by atoms with Gasteiger partial charge < -0.3 is 15.4 Å². The van der Waals surface area contributed by atoms with Gasteiger partial charge in [-0.05, 0) is 67.0 Å². The fourth-order valence-electron chi connectivity index (χ4n) is 3.70. The number of rotatable bonds is 6. The van der Waals surface area contributed by atoms with Gasteiger partial charge in [-0.3, -0.25) is 0 Å². The molecule has 3 aromatic rings. The van der Waals surface area contributed by atoms with Crippen LogP contribution >= 0.6 is 35.6 Å². The fourth-order valence-corrected chi connectivity index (χ4v) is 4.85. The maximum Gasteiger partial charge on any atom is 0.170 e. The number of ether oxygens (including phenoxy) is 1. The lowest BCUT2D eigenvalue weighted by Gasteiger charge is -2.38. The van der Waals surface area contributed by atoms with Crippen molar-refractivity contribution in [3.63, 3.8) is 0 Å². The number of aromatic nitrogens is 1. The first-order valence-electron chi connectivity index (χ1n) is 10.2. The van der Waals surface area contributed by atoms with Gasteiger partial charge in [-0.1, -0.05) is 53.7 Å². The van der Waals surface area contributed by atoms with Crippen LogP contribution in [0.4, 0.5) is 5.69 Å². The molecule has 0 bridgehead atoms. The molecule has 1 aliphatic rings. The van der Waals surface area contributed by atoms with Crippen LogP contribution in [0.2, 0.25) is 5.02 Å². The number of halogens is 1. The van der Waals surface area contributed by atoms with Crippen molar-refractivity contribution < 1.29 is 4.74 Å². The maximum atomic E-state index is 6.26. The van der Waals surface area contributed by atoms with Gasteiger partial charge in [-0.25, -0.2) is 4.98 Å². The topological polar surface area (TPSA) is 46.2 Å². The Morgan fingerprint density at radius 1 is 1.06 bits per heavy atom. The summed E-state index contributed by atoms with van der Waals surface area (Å²) >= 11 is 13.4. The van der Waals surface area contributed by atoms with Gasteiger partial charge in [0.05, 0.1) is 11.9 Å². The van der Waals surface area contributed by atoms with E-state index in [-0.39, 0.29) is 5.41 Å². The van der Waals surface area contributed by atoms with E-state index in [0.717, 1.165) is 53.2 Å². The van der Waals surface area contributed by atoms with E-state index in [1.165, 1.54) is 5.56 Å². The molecule has 7 heteroatoms. The van der Waals surface area contributed by atoms with Crippen LogP contribution < -0.4 is 10.6 Å². The summed E-state index contributed by atoms with van der Waals surface area (Å²) in [4.78, 5) is 5.69. The van der Waals surface area contributed by atoms with Crippen LogP contribution in [0.1, 0.15) is 18.4 Å². The second kappa shape index (κ2) is 10.5. The van der Waals surface area contributed by atoms with Crippen molar-refractivity contribution in [3.8, 4) is 0 Å². The summed E-state index contributed by atoms with van der Waals surface area (Å²) < 4.78 is 5.61. The molecular weight excluding hydrogens is 446 g/mol. The van der Waals surface area contributed by atoms with Gasteiger partial charge in [-0.2, -0.15) is 0 Å². The highest BCUT2D eigenvalue weighted by Crippen LogP contribution is 2.35. The van der Waals surface area contributed by atoms with E-state index >= 15 is 0 Å². The molecule has 2 N–H and O–H groups in total. The quantitative estimate of drug-likeness (QED) is 0.437. The number of benzene rings is 2. The third-order valence-electron chi connectivity index (χ3n) is 5.43. The predicted octanol–water partition coefficient (Wildman–Crippen LogP) is 5.92. The Bertz CT molecular complexity index is 1010. The number of pyridine rings is 1. The number of thiocarbonyl (C=S) groups is 1. The van der Waals surface area contributed by atoms with Crippen LogP contribution in [0.3, 0.4) is 0 Å². The van der Waals surface area contributed by atoms with Crippen molar-refractivity contribution >= 4 is 46.4 Å². The molecule has 0 spiro atoms. The van der Waals surface area contributed by atoms with E-state index < -0.39 is 0 Å². The largest absolute Gasteiger partial charge is 0.381 e. The summed E-state index contributed by atoms with van der Waals surface area (Å²) in [6.45, 7) is 2.19. The molecule has 160 valence electrons. The number of nitrogens with zero attached hydrogens (tertiary/aromatic N) is 1. The van der Waals surface area contributed by atoms with Gasteiger partial charge in [0.2, 0.25) is 0 Å². The highest BCUT2D eigenvalue weighted by molar-refractivity contribution is 7.99. The average Bonchev–Trinajstić information content (AvgIpc) is 2.80. The Morgan fingerprint density at radius 3 is 2.58 bits per heavy atom. The van der Waals surface area contributed by atoms with Crippen molar-refractivity contribution in [2.24, 2.45) is 0 Å². The molecule has 0 radical (unpaired) electrons. The van der Waals surface area contributed by atoms with Crippen molar-refractivity contribution in [3.05, 3.63) is 83.5 Å². The summed E-state index contributed by atoms with van der Waals surface area (Å²) in [6.07, 6.45) is 3.66. The van der Waals surface area contributed by atoms with Crippen LogP contribution in [0.25, 0.3) is 0 Å². The molecule has 1 saturated heterocycles. The number of hydrogen-bond acceptors (Lipinski definition) is 4. The molecule has 0 amide bonds. The Hall–Kier alpha value is -2.12. The monoisotopic (exact) mass is 469 g/mol. The van der Waals surface area contributed by atoms with E-state index in [2.05, 4.69) is 39.9 Å². The second-order valence-electron chi connectivity index (χ2n) is 7.51. The minimum absolute atomic E-state index is 0.0523. The van der Waals surface area contributed by atoms with Crippen LogP contribution in [-0.2, 0) is 10.2 Å². The number of hydrogen-bond donors (Lipinski definition) is 2. The van der Waals surface area contributed by atoms with Crippen LogP contribution in [0, 0.1) is 0 Å². The van der Waals surface area contributed by atoms with Gasteiger partial charge in [0.15, 0.2) is 5.11 Å². The SMILES string of the molecule is S=C(NCC1(c2cccc(Cl)c2)CCOCC1)Nc1ccc(Sc2ccccc2)nc1. The molecule has 0 atom stereocenters. The van der Waals surface area contributed by atoms with E-state index in [1.807, 2.05) is 42.5 Å². The molecule has 0 saturated carbocycles. The summed E-state index contributed by atoms with van der Waals surface area (Å²) in [6, 6.07) is 22.3. The van der Waals surface area contributed by atoms with Crippen molar-refractivity contribution in [2.75, 3.05) is 25.1 Å². The molecule has 2 heterocycles. The molecule has 1 aliphatic heterocycles. The zero-order valence-electron chi connectivity index (χ0n) is 17.0. The first-order chi connectivity index (χ1) is 15.1. The lowest BCUT2D eigenvalue weighted by molar-refractivity contribution is 0.0515. The van der Waals surface area contributed by atoms with Gasteiger partial charge in [0, 0.05) is 35.1 Å². The molecular formula is C24H24ClN3OS2. The first kappa shape index (κ1) is 22.1. The minimum atomic E-state index is -0.0523. The average molecular weight is 470 g/mol. The highest BCUT2D eigenvalue weighted by atomic mass is 35.5. The standard InChI is InChI=1S/C24H24ClN3OS2/c25-19-6-4-5-18(15-19)24(11-13-29-14-12-24)17-27-23(30)28-20-9-10-22(26-16-20)31-21-7-2-1-3-8-21/h1-10,15-16H,11-14,17H2,(H2,27,28,30). The Morgan fingerprint density at radius 2 is 1.87 bits per heavy atom. The number of nitrogens with one attached hydrogen (secondary N) is 2. The summed E-state index contributed by atoms with van der Waals surface area (Å²) in [7, 11) is 0.